The Hall–Kier alpha value is -3.75. The quantitative estimate of drug-likeness (QED) is 0.675. The van der Waals surface area contributed by atoms with Gasteiger partial charge in [0, 0.05) is 23.5 Å². The van der Waals surface area contributed by atoms with E-state index in [9.17, 15) is 14.0 Å². The summed E-state index contributed by atoms with van der Waals surface area (Å²) in [5.41, 5.74) is 8.39. The van der Waals surface area contributed by atoms with Crippen LogP contribution in [0.1, 0.15) is 32.5 Å². The lowest BCUT2D eigenvalue weighted by Crippen LogP contribution is -2.47. The molecule has 1 aliphatic heterocycles. The van der Waals surface area contributed by atoms with Gasteiger partial charge in [-0.25, -0.2) is 9.18 Å². The average Bonchev–Trinajstić information content (AvgIpc) is 3.12. The highest BCUT2D eigenvalue weighted by Gasteiger charge is 2.37. The first-order valence-electron chi connectivity index (χ1n) is 10.2. The number of carbonyl (C=O) groups excluding carboxylic acids is 2. The van der Waals surface area contributed by atoms with Gasteiger partial charge >= 0.3 is 6.09 Å². The normalized spacial score (nSPS) is 15.9. The lowest BCUT2D eigenvalue weighted by atomic mass is 9.98. The van der Waals surface area contributed by atoms with E-state index in [1.165, 1.54) is 17.0 Å². The van der Waals surface area contributed by atoms with Gasteiger partial charge < -0.3 is 10.5 Å². The number of hydrogen-bond donors (Lipinski definition) is 1. The number of nitrogens with two attached hydrogens (primary N) is 1. The molecule has 1 aromatic carbocycles. The Kier molecular flexibility index (Phi) is 5.41. The summed E-state index contributed by atoms with van der Waals surface area (Å²) < 4.78 is 20.6. The summed E-state index contributed by atoms with van der Waals surface area (Å²) in [6.07, 6.45) is 2.75. The van der Waals surface area contributed by atoms with Crippen LogP contribution in [0.2, 0.25) is 0 Å². The van der Waals surface area contributed by atoms with E-state index in [1.807, 2.05) is 12.1 Å². The summed E-state index contributed by atoms with van der Waals surface area (Å²) in [5.74, 6) is -0.983. The van der Waals surface area contributed by atoms with E-state index in [2.05, 4.69) is 4.98 Å². The highest BCUT2D eigenvalue weighted by atomic mass is 19.1. The first-order chi connectivity index (χ1) is 15.1. The Morgan fingerprint density at radius 1 is 1.09 bits per heavy atom. The molecule has 32 heavy (non-hydrogen) atoms. The van der Waals surface area contributed by atoms with Crippen LogP contribution in [-0.2, 0) is 16.1 Å². The number of halogens is 1. The fourth-order valence-corrected chi connectivity index (χ4v) is 3.72. The van der Waals surface area contributed by atoms with Crippen LogP contribution >= 0.6 is 0 Å². The van der Waals surface area contributed by atoms with Crippen LogP contribution in [0.3, 0.4) is 0 Å². The summed E-state index contributed by atoms with van der Waals surface area (Å²) in [4.78, 5) is 30.7. The number of carbonyl (C=O) groups is 2. The predicted molar refractivity (Wildman–Crippen MR) is 116 cm³/mol. The largest absolute Gasteiger partial charge is 0.444 e. The third-order valence-corrected chi connectivity index (χ3v) is 5.11. The van der Waals surface area contributed by atoms with Crippen molar-refractivity contribution in [2.75, 3.05) is 6.54 Å². The molecule has 0 spiro atoms. The Morgan fingerprint density at radius 3 is 2.34 bits per heavy atom. The zero-order valence-corrected chi connectivity index (χ0v) is 18.1. The van der Waals surface area contributed by atoms with Crippen molar-refractivity contribution in [2.45, 2.75) is 39.0 Å². The molecule has 0 fully saturated rings. The summed E-state index contributed by atoms with van der Waals surface area (Å²) in [5, 5.41) is 4.69. The van der Waals surface area contributed by atoms with Gasteiger partial charge in [-0.2, -0.15) is 5.10 Å². The molecular weight excluding hydrogens is 413 g/mol. The van der Waals surface area contributed by atoms with E-state index in [-0.39, 0.29) is 18.9 Å². The predicted octanol–water partition coefficient (Wildman–Crippen LogP) is 3.53. The molecule has 2 N–H and O–H groups in total. The molecule has 2 aromatic heterocycles. The number of fused-ring (bicyclic) bond motifs is 1. The summed E-state index contributed by atoms with van der Waals surface area (Å²) >= 11 is 0. The van der Waals surface area contributed by atoms with Crippen molar-refractivity contribution in [1.29, 1.82) is 0 Å². The van der Waals surface area contributed by atoms with Crippen LogP contribution in [0, 0.1) is 5.82 Å². The van der Waals surface area contributed by atoms with Crippen molar-refractivity contribution in [1.82, 2.24) is 19.7 Å². The van der Waals surface area contributed by atoms with Crippen LogP contribution in [0.25, 0.3) is 22.4 Å². The minimum absolute atomic E-state index is 0.0393. The molecule has 9 heteroatoms. The maximum absolute atomic E-state index is 13.5. The second kappa shape index (κ2) is 8.07. The Bertz CT molecular complexity index is 1150. The fraction of sp³-hybridized carbons (Fsp3) is 0.304. The number of aromatic nitrogens is 3. The molecule has 0 aliphatic carbocycles. The van der Waals surface area contributed by atoms with Crippen LogP contribution in [0.5, 0.6) is 0 Å². The molecule has 2 amide bonds. The molecule has 4 rings (SSSR count). The number of ether oxygens (including phenoxy) is 1. The highest BCUT2D eigenvalue weighted by molar-refractivity contribution is 5.85. The third kappa shape index (κ3) is 4.18. The molecule has 1 aliphatic rings. The molecule has 1 unspecified atom stereocenters. The van der Waals surface area contributed by atoms with Gasteiger partial charge in [0.1, 0.15) is 23.2 Å². The monoisotopic (exact) mass is 437 g/mol. The Balaban J connectivity index is 1.88. The Labute approximate surface area is 184 Å². The van der Waals surface area contributed by atoms with Crippen molar-refractivity contribution in [3.05, 3.63) is 60.3 Å². The van der Waals surface area contributed by atoms with E-state index in [1.54, 1.807) is 50.0 Å². The maximum Gasteiger partial charge on any atom is 0.410 e. The van der Waals surface area contributed by atoms with Crippen molar-refractivity contribution in [3.8, 4) is 22.4 Å². The van der Waals surface area contributed by atoms with Crippen LogP contribution in [0.15, 0.2) is 48.8 Å². The van der Waals surface area contributed by atoms with E-state index in [0.717, 1.165) is 11.1 Å². The zero-order chi connectivity index (χ0) is 23.0. The van der Waals surface area contributed by atoms with Crippen molar-refractivity contribution in [3.63, 3.8) is 0 Å². The standard InChI is InChI=1S/C23H24FN5O3/c1-23(2,3)32-22(31)28-12-17-19(14-8-10-26-11-9-14)20(15-4-6-16(24)7-5-15)27-29(17)18(13-28)21(25)30/h4-11,18H,12-13H2,1-3H3,(H2,25,30). The van der Waals surface area contributed by atoms with Gasteiger partial charge in [0.25, 0.3) is 0 Å². The van der Waals surface area contributed by atoms with E-state index in [4.69, 9.17) is 15.6 Å². The van der Waals surface area contributed by atoms with Crippen molar-refractivity contribution >= 4 is 12.0 Å². The van der Waals surface area contributed by atoms with Gasteiger partial charge in [0.05, 0.1) is 18.8 Å². The van der Waals surface area contributed by atoms with Crippen LogP contribution < -0.4 is 5.73 Å². The number of benzene rings is 1. The van der Waals surface area contributed by atoms with E-state index < -0.39 is 23.6 Å². The summed E-state index contributed by atoms with van der Waals surface area (Å²) in [6.45, 7) is 5.54. The minimum Gasteiger partial charge on any atom is -0.444 e. The molecule has 166 valence electrons. The number of primary amides is 1. The van der Waals surface area contributed by atoms with E-state index >= 15 is 0 Å². The second-order valence-electron chi connectivity index (χ2n) is 8.64. The van der Waals surface area contributed by atoms with Crippen LogP contribution in [0.4, 0.5) is 9.18 Å². The van der Waals surface area contributed by atoms with Crippen molar-refractivity contribution < 1.29 is 18.7 Å². The SMILES string of the molecule is CC(C)(C)OC(=O)N1Cc2c(-c3ccncc3)c(-c3ccc(F)cc3)nn2C(C(N)=O)C1. The summed E-state index contributed by atoms with van der Waals surface area (Å²) in [7, 11) is 0. The molecule has 0 saturated carbocycles. The zero-order valence-electron chi connectivity index (χ0n) is 18.1. The Morgan fingerprint density at radius 2 is 1.75 bits per heavy atom. The topological polar surface area (TPSA) is 103 Å². The van der Waals surface area contributed by atoms with Gasteiger partial charge in [-0.05, 0) is 62.7 Å². The van der Waals surface area contributed by atoms with Gasteiger partial charge in [-0.3, -0.25) is 19.4 Å². The lowest BCUT2D eigenvalue weighted by Gasteiger charge is -2.34. The number of hydrogen-bond acceptors (Lipinski definition) is 5. The summed E-state index contributed by atoms with van der Waals surface area (Å²) in [6, 6.07) is 8.71. The van der Waals surface area contributed by atoms with Gasteiger partial charge in [-0.1, -0.05) is 0 Å². The maximum atomic E-state index is 13.5. The first kappa shape index (κ1) is 21.5. The minimum atomic E-state index is -0.874. The van der Waals surface area contributed by atoms with Gasteiger partial charge in [0.2, 0.25) is 5.91 Å². The third-order valence-electron chi connectivity index (χ3n) is 5.11. The number of pyridine rings is 1. The van der Waals surface area contributed by atoms with Crippen LogP contribution in [-0.4, -0.2) is 43.8 Å². The second-order valence-corrected chi connectivity index (χ2v) is 8.64. The molecule has 0 saturated heterocycles. The lowest BCUT2D eigenvalue weighted by molar-refractivity contribution is -0.122. The molecule has 1 atom stereocenters. The molecule has 0 bridgehead atoms. The molecule has 0 radical (unpaired) electrons. The average molecular weight is 437 g/mol. The van der Waals surface area contributed by atoms with E-state index in [0.29, 0.717) is 17.0 Å². The molecule has 3 heterocycles. The molecular formula is C23H24FN5O3. The highest BCUT2D eigenvalue weighted by Crippen LogP contribution is 2.38. The number of nitrogens with zero attached hydrogens (tertiary/aromatic N) is 4. The van der Waals surface area contributed by atoms with Gasteiger partial charge in [-0.15, -0.1) is 0 Å². The smallest absolute Gasteiger partial charge is 0.410 e. The number of amides is 2. The van der Waals surface area contributed by atoms with Crippen molar-refractivity contribution in [2.24, 2.45) is 5.73 Å². The fourth-order valence-electron chi connectivity index (χ4n) is 3.72. The first-order valence-corrected chi connectivity index (χ1v) is 10.2. The van der Waals surface area contributed by atoms with Gasteiger partial charge in [0.15, 0.2) is 0 Å². The molecule has 3 aromatic rings. The number of rotatable bonds is 3. The molecule has 8 nitrogen and oxygen atoms in total.